The number of hydrogen-bond donors (Lipinski definition) is 0. The molecule has 0 aliphatic carbocycles. The highest BCUT2D eigenvalue weighted by atomic mass is 16.2. The first-order valence-corrected chi connectivity index (χ1v) is 10.0. The maximum absolute atomic E-state index is 12.8. The molecule has 0 bridgehead atoms. The zero-order valence-electron chi connectivity index (χ0n) is 17.1. The molecule has 1 fully saturated rings. The average Bonchev–Trinajstić information content (AvgIpc) is 2.75. The maximum Gasteiger partial charge on any atom is 0.261 e. The van der Waals surface area contributed by atoms with E-state index in [1.807, 2.05) is 60.4 Å². The SMILES string of the molecule is Cc1cccc(C(=O)N2CCN(C(C)c3nc4ccccc4c(=O)n3C)CC2)c1. The summed E-state index contributed by atoms with van der Waals surface area (Å²) in [6, 6.07) is 15.2. The van der Waals surface area contributed by atoms with Gasteiger partial charge >= 0.3 is 0 Å². The molecule has 6 heteroatoms. The first-order valence-electron chi connectivity index (χ1n) is 10.0. The molecule has 150 valence electrons. The third-order valence-electron chi connectivity index (χ3n) is 5.81. The molecule has 29 heavy (non-hydrogen) atoms. The number of para-hydroxylation sites is 1. The molecular weight excluding hydrogens is 364 g/mol. The van der Waals surface area contributed by atoms with Crippen LogP contribution in [-0.4, -0.2) is 51.4 Å². The van der Waals surface area contributed by atoms with E-state index in [0.29, 0.717) is 18.5 Å². The van der Waals surface area contributed by atoms with Crippen molar-refractivity contribution >= 4 is 16.8 Å². The summed E-state index contributed by atoms with van der Waals surface area (Å²) in [5.41, 5.74) is 2.54. The highest BCUT2D eigenvalue weighted by Gasteiger charge is 2.27. The van der Waals surface area contributed by atoms with Crippen LogP contribution in [0.25, 0.3) is 10.9 Å². The Balaban J connectivity index is 1.50. The van der Waals surface area contributed by atoms with Gasteiger partial charge in [-0.15, -0.1) is 0 Å². The number of aryl methyl sites for hydroxylation is 1. The van der Waals surface area contributed by atoms with Crippen LogP contribution in [0.2, 0.25) is 0 Å². The Morgan fingerprint density at radius 1 is 1.03 bits per heavy atom. The van der Waals surface area contributed by atoms with Crippen molar-refractivity contribution in [3.8, 4) is 0 Å². The summed E-state index contributed by atoms with van der Waals surface area (Å²) in [5.74, 6) is 0.837. The molecule has 2 aromatic carbocycles. The highest BCUT2D eigenvalue weighted by molar-refractivity contribution is 5.94. The lowest BCUT2D eigenvalue weighted by Gasteiger charge is -2.38. The summed E-state index contributed by atoms with van der Waals surface area (Å²) in [6.45, 7) is 6.91. The Hall–Kier alpha value is -2.99. The van der Waals surface area contributed by atoms with Crippen molar-refractivity contribution in [3.05, 3.63) is 75.8 Å². The normalized spacial score (nSPS) is 16.2. The van der Waals surface area contributed by atoms with Crippen molar-refractivity contribution in [2.45, 2.75) is 19.9 Å². The first kappa shape index (κ1) is 19.3. The standard InChI is InChI=1S/C23H26N4O2/c1-16-7-6-8-18(15-16)22(28)27-13-11-26(12-14-27)17(2)21-24-20-10-5-4-9-19(20)23(29)25(21)3/h4-10,15,17H,11-14H2,1-3H3. The van der Waals surface area contributed by atoms with Crippen LogP contribution in [0.1, 0.15) is 34.7 Å². The fraction of sp³-hybridized carbons (Fsp3) is 0.348. The number of amides is 1. The van der Waals surface area contributed by atoms with Gasteiger partial charge in [-0.2, -0.15) is 0 Å². The summed E-state index contributed by atoms with van der Waals surface area (Å²) < 4.78 is 1.65. The van der Waals surface area contributed by atoms with Gasteiger partial charge < -0.3 is 4.90 Å². The van der Waals surface area contributed by atoms with Gasteiger partial charge in [0.1, 0.15) is 5.82 Å². The van der Waals surface area contributed by atoms with E-state index in [1.54, 1.807) is 11.6 Å². The predicted octanol–water partition coefficient (Wildman–Crippen LogP) is 2.76. The van der Waals surface area contributed by atoms with E-state index in [9.17, 15) is 9.59 Å². The maximum atomic E-state index is 12.8. The summed E-state index contributed by atoms with van der Waals surface area (Å²) in [7, 11) is 1.78. The molecule has 1 saturated heterocycles. The summed E-state index contributed by atoms with van der Waals surface area (Å²) >= 11 is 0. The topological polar surface area (TPSA) is 58.4 Å². The van der Waals surface area contributed by atoms with Gasteiger partial charge in [0.05, 0.1) is 16.9 Å². The Labute approximate surface area is 170 Å². The van der Waals surface area contributed by atoms with Gasteiger partial charge in [0.15, 0.2) is 0 Å². The van der Waals surface area contributed by atoms with Crippen molar-refractivity contribution < 1.29 is 4.79 Å². The summed E-state index contributed by atoms with van der Waals surface area (Å²) in [6.07, 6.45) is 0. The van der Waals surface area contributed by atoms with E-state index >= 15 is 0 Å². The molecule has 0 spiro atoms. The number of rotatable bonds is 3. The fourth-order valence-corrected chi connectivity index (χ4v) is 4.05. The van der Waals surface area contributed by atoms with Gasteiger partial charge in [0, 0.05) is 38.8 Å². The van der Waals surface area contributed by atoms with Crippen molar-refractivity contribution in [1.82, 2.24) is 19.4 Å². The lowest BCUT2D eigenvalue weighted by Crippen LogP contribution is -2.49. The van der Waals surface area contributed by atoms with E-state index in [2.05, 4.69) is 11.8 Å². The van der Waals surface area contributed by atoms with Crippen LogP contribution in [0.5, 0.6) is 0 Å². The zero-order chi connectivity index (χ0) is 20.5. The molecule has 3 aromatic rings. The van der Waals surface area contributed by atoms with Crippen LogP contribution in [-0.2, 0) is 7.05 Å². The van der Waals surface area contributed by atoms with Crippen molar-refractivity contribution in [2.75, 3.05) is 26.2 Å². The molecule has 2 heterocycles. The lowest BCUT2D eigenvalue weighted by atomic mass is 10.1. The Morgan fingerprint density at radius 2 is 1.76 bits per heavy atom. The van der Waals surface area contributed by atoms with Gasteiger partial charge in [0.2, 0.25) is 0 Å². The summed E-state index contributed by atoms with van der Waals surface area (Å²) in [5, 5.41) is 0.638. The van der Waals surface area contributed by atoms with Gasteiger partial charge in [0.25, 0.3) is 11.5 Å². The van der Waals surface area contributed by atoms with E-state index < -0.39 is 0 Å². The summed E-state index contributed by atoms with van der Waals surface area (Å²) in [4.78, 5) is 34.5. The molecule has 0 radical (unpaired) electrons. The predicted molar refractivity (Wildman–Crippen MR) is 114 cm³/mol. The van der Waals surface area contributed by atoms with Crippen LogP contribution < -0.4 is 5.56 Å². The van der Waals surface area contributed by atoms with Crippen molar-refractivity contribution in [1.29, 1.82) is 0 Å². The second-order valence-electron chi connectivity index (χ2n) is 7.72. The van der Waals surface area contributed by atoms with Crippen LogP contribution in [0.15, 0.2) is 53.3 Å². The van der Waals surface area contributed by atoms with Gasteiger partial charge in [-0.25, -0.2) is 4.98 Å². The molecule has 1 aliphatic rings. The molecule has 4 rings (SSSR count). The number of fused-ring (bicyclic) bond motifs is 1. The third-order valence-corrected chi connectivity index (χ3v) is 5.81. The van der Waals surface area contributed by atoms with E-state index in [-0.39, 0.29) is 17.5 Å². The molecule has 0 N–H and O–H groups in total. The Bertz CT molecular complexity index is 1110. The molecule has 0 saturated carbocycles. The van der Waals surface area contributed by atoms with Gasteiger partial charge in [-0.05, 0) is 38.1 Å². The molecule has 1 atom stereocenters. The number of carbonyl (C=O) groups excluding carboxylic acids is 1. The highest BCUT2D eigenvalue weighted by Crippen LogP contribution is 2.21. The monoisotopic (exact) mass is 390 g/mol. The van der Waals surface area contributed by atoms with Gasteiger partial charge in [-0.1, -0.05) is 29.8 Å². The van der Waals surface area contributed by atoms with E-state index in [1.165, 1.54) is 0 Å². The minimum atomic E-state index is -0.0225. The zero-order valence-corrected chi connectivity index (χ0v) is 17.1. The van der Waals surface area contributed by atoms with E-state index in [0.717, 1.165) is 35.6 Å². The van der Waals surface area contributed by atoms with Gasteiger partial charge in [-0.3, -0.25) is 19.1 Å². The number of benzene rings is 2. The number of hydrogen-bond acceptors (Lipinski definition) is 4. The minimum absolute atomic E-state index is 0.00599. The quantitative estimate of drug-likeness (QED) is 0.690. The smallest absolute Gasteiger partial charge is 0.261 e. The molecule has 1 amide bonds. The van der Waals surface area contributed by atoms with Crippen molar-refractivity contribution in [2.24, 2.45) is 7.05 Å². The number of carbonyl (C=O) groups is 1. The Morgan fingerprint density at radius 3 is 2.48 bits per heavy atom. The van der Waals surface area contributed by atoms with Crippen LogP contribution in [0, 0.1) is 6.92 Å². The molecule has 1 unspecified atom stereocenters. The minimum Gasteiger partial charge on any atom is -0.336 e. The van der Waals surface area contributed by atoms with Crippen molar-refractivity contribution in [3.63, 3.8) is 0 Å². The third kappa shape index (κ3) is 3.68. The number of aromatic nitrogens is 2. The molecular formula is C23H26N4O2. The second-order valence-corrected chi connectivity index (χ2v) is 7.72. The molecule has 6 nitrogen and oxygen atoms in total. The lowest BCUT2D eigenvalue weighted by molar-refractivity contribution is 0.0572. The molecule has 1 aromatic heterocycles. The molecule has 1 aliphatic heterocycles. The largest absolute Gasteiger partial charge is 0.336 e. The number of nitrogens with zero attached hydrogens (tertiary/aromatic N) is 4. The van der Waals surface area contributed by atoms with Crippen LogP contribution in [0.4, 0.5) is 0 Å². The fourth-order valence-electron chi connectivity index (χ4n) is 4.05. The van der Waals surface area contributed by atoms with Crippen LogP contribution >= 0.6 is 0 Å². The number of piperazine rings is 1. The average molecular weight is 390 g/mol. The first-order chi connectivity index (χ1) is 14.0. The second kappa shape index (κ2) is 7.79. The Kier molecular flexibility index (Phi) is 5.20. The van der Waals surface area contributed by atoms with Crippen LogP contribution in [0.3, 0.4) is 0 Å². The van der Waals surface area contributed by atoms with E-state index in [4.69, 9.17) is 4.98 Å².